The highest BCUT2D eigenvalue weighted by molar-refractivity contribution is 5.97. The quantitative estimate of drug-likeness (QED) is 0.798. The molecule has 0 saturated heterocycles. The lowest BCUT2D eigenvalue weighted by Gasteiger charge is -2.30. The van der Waals surface area contributed by atoms with Gasteiger partial charge >= 0.3 is 0 Å². The van der Waals surface area contributed by atoms with E-state index in [4.69, 9.17) is 5.73 Å². The van der Waals surface area contributed by atoms with E-state index in [-0.39, 0.29) is 0 Å². The van der Waals surface area contributed by atoms with Gasteiger partial charge in [-0.3, -0.25) is 4.79 Å². The number of benzene rings is 1. The van der Waals surface area contributed by atoms with Crippen molar-refractivity contribution >= 4 is 11.7 Å². The first-order chi connectivity index (χ1) is 11.7. The van der Waals surface area contributed by atoms with Crippen LogP contribution in [-0.4, -0.2) is 28.8 Å². The molecular formula is C18H23N5O. The third-order valence-corrected chi connectivity index (χ3v) is 5.12. The molecule has 0 spiro atoms. The average Bonchev–Trinajstić information content (AvgIpc) is 3.03. The van der Waals surface area contributed by atoms with Gasteiger partial charge in [0.2, 0.25) is 0 Å². The molecule has 1 aromatic heterocycles. The predicted molar refractivity (Wildman–Crippen MR) is 92.8 cm³/mol. The minimum absolute atomic E-state index is 0.431. The molecule has 2 unspecified atom stereocenters. The highest BCUT2D eigenvalue weighted by Crippen LogP contribution is 2.30. The SMILES string of the molecule is NC(=O)c1cnn2c1NCC(CNC1CCCc3ccccc31)C2. The van der Waals surface area contributed by atoms with Crippen LogP contribution in [0.2, 0.25) is 0 Å². The second kappa shape index (κ2) is 6.28. The maximum atomic E-state index is 11.4. The zero-order chi connectivity index (χ0) is 16.5. The van der Waals surface area contributed by atoms with Crippen LogP contribution in [0, 0.1) is 5.92 Å². The zero-order valence-electron chi connectivity index (χ0n) is 13.7. The number of nitrogens with one attached hydrogen (secondary N) is 2. The summed E-state index contributed by atoms with van der Waals surface area (Å²) in [5.41, 5.74) is 8.77. The summed E-state index contributed by atoms with van der Waals surface area (Å²) in [7, 11) is 0. The Morgan fingerprint density at radius 3 is 3.17 bits per heavy atom. The van der Waals surface area contributed by atoms with Gasteiger partial charge in [-0.1, -0.05) is 24.3 Å². The van der Waals surface area contributed by atoms with Crippen molar-refractivity contribution in [2.75, 3.05) is 18.4 Å². The van der Waals surface area contributed by atoms with Crippen LogP contribution in [0.15, 0.2) is 30.5 Å². The summed E-state index contributed by atoms with van der Waals surface area (Å²) in [6.45, 7) is 2.56. The third kappa shape index (κ3) is 2.78. The number of hydrogen-bond acceptors (Lipinski definition) is 4. The van der Waals surface area contributed by atoms with E-state index in [9.17, 15) is 4.79 Å². The Hall–Kier alpha value is -2.34. The standard InChI is InChI=1S/C18H23N5O/c19-17(24)15-10-22-23-11-12(9-21-18(15)23)8-20-16-7-3-5-13-4-1-2-6-14(13)16/h1-2,4,6,10,12,16,20-21H,3,5,7-9,11H2,(H2,19,24). The fraction of sp³-hybridized carbons (Fsp3) is 0.444. The van der Waals surface area contributed by atoms with Crippen molar-refractivity contribution in [3.63, 3.8) is 0 Å². The molecule has 24 heavy (non-hydrogen) atoms. The molecule has 2 heterocycles. The summed E-state index contributed by atoms with van der Waals surface area (Å²) < 4.78 is 1.85. The van der Waals surface area contributed by atoms with Crippen molar-refractivity contribution in [3.8, 4) is 0 Å². The first-order valence-corrected chi connectivity index (χ1v) is 8.63. The van der Waals surface area contributed by atoms with Crippen LogP contribution in [0.3, 0.4) is 0 Å². The molecule has 0 bridgehead atoms. The predicted octanol–water partition coefficient (Wildman–Crippen LogP) is 1.69. The smallest absolute Gasteiger partial charge is 0.254 e. The Kier molecular flexibility index (Phi) is 3.98. The van der Waals surface area contributed by atoms with Gasteiger partial charge in [0.15, 0.2) is 0 Å². The number of fused-ring (bicyclic) bond motifs is 2. The molecule has 1 amide bonds. The molecule has 1 aliphatic carbocycles. The number of amides is 1. The number of carbonyl (C=O) groups excluding carboxylic acids is 1. The molecule has 4 rings (SSSR count). The number of nitrogens with two attached hydrogens (primary N) is 1. The molecule has 6 heteroatoms. The molecule has 1 aromatic carbocycles. The summed E-state index contributed by atoms with van der Waals surface area (Å²) >= 11 is 0. The summed E-state index contributed by atoms with van der Waals surface area (Å²) in [4.78, 5) is 11.4. The van der Waals surface area contributed by atoms with Crippen LogP contribution in [0.1, 0.15) is 40.4 Å². The summed E-state index contributed by atoms with van der Waals surface area (Å²) in [6, 6.07) is 9.18. The average molecular weight is 325 g/mol. The number of anilines is 1. The van der Waals surface area contributed by atoms with Gasteiger partial charge < -0.3 is 16.4 Å². The number of aromatic nitrogens is 2. The van der Waals surface area contributed by atoms with E-state index in [0.717, 1.165) is 25.5 Å². The topological polar surface area (TPSA) is 85.0 Å². The van der Waals surface area contributed by atoms with Crippen LogP contribution >= 0.6 is 0 Å². The van der Waals surface area contributed by atoms with Crippen LogP contribution in [-0.2, 0) is 13.0 Å². The van der Waals surface area contributed by atoms with E-state index < -0.39 is 5.91 Å². The maximum absolute atomic E-state index is 11.4. The van der Waals surface area contributed by atoms with Crippen LogP contribution in [0.4, 0.5) is 5.82 Å². The van der Waals surface area contributed by atoms with Gasteiger partial charge in [0.25, 0.3) is 5.91 Å². The van der Waals surface area contributed by atoms with Gasteiger partial charge in [-0.15, -0.1) is 0 Å². The fourth-order valence-corrected chi connectivity index (χ4v) is 3.85. The highest BCUT2D eigenvalue weighted by Gasteiger charge is 2.25. The Labute approximate surface area is 141 Å². The minimum Gasteiger partial charge on any atom is -0.369 e. The van der Waals surface area contributed by atoms with Crippen molar-refractivity contribution in [1.82, 2.24) is 15.1 Å². The number of primary amides is 1. The molecule has 1 aliphatic heterocycles. The van der Waals surface area contributed by atoms with Gasteiger partial charge in [0.1, 0.15) is 11.4 Å². The minimum atomic E-state index is -0.431. The molecule has 2 aromatic rings. The maximum Gasteiger partial charge on any atom is 0.254 e. The van der Waals surface area contributed by atoms with Gasteiger partial charge in [-0.25, -0.2) is 4.68 Å². The lowest BCUT2D eigenvalue weighted by atomic mass is 9.87. The molecule has 0 fully saturated rings. The van der Waals surface area contributed by atoms with Gasteiger partial charge in [-0.2, -0.15) is 5.10 Å². The number of rotatable bonds is 4. The first-order valence-electron chi connectivity index (χ1n) is 8.63. The second-order valence-electron chi connectivity index (χ2n) is 6.75. The largest absolute Gasteiger partial charge is 0.369 e. The Morgan fingerprint density at radius 2 is 2.29 bits per heavy atom. The molecule has 2 aliphatic rings. The van der Waals surface area contributed by atoms with Crippen molar-refractivity contribution in [2.45, 2.75) is 31.8 Å². The second-order valence-corrected chi connectivity index (χ2v) is 6.75. The Balaban J connectivity index is 1.40. The lowest BCUT2D eigenvalue weighted by molar-refractivity contribution is 0.100. The van der Waals surface area contributed by atoms with E-state index in [2.05, 4.69) is 40.0 Å². The van der Waals surface area contributed by atoms with Crippen LogP contribution in [0.25, 0.3) is 0 Å². The Bertz CT molecular complexity index is 754. The van der Waals surface area contributed by atoms with Gasteiger partial charge in [-0.05, 0) is 30.4 Å². The molecule has 0 radical (unpaired) electrons. The van der Waals surface area contributed by atoms with E-state index >= 15 is 0 Å². The van der Waals surface area contributed by atoms with Crippen molar-refractivity contribution in [1.29, 1.82) is 0 Å². The number of aryl methyl sites for hydroxylation is 1. The zero-order valence-corrected chi connectivity index (χ0v) is 13.7. The molecule has 0 saturated carbocycles. The van der Waals surface area contributed by atoms with Crippen molar-refractivity contribution < 1.29 is 4.79 Å². The lowest BCUT2D eigenvalue weighted by Crippen LogP contribution is -2.38. The van der Waals surface area contributed by atoms with E-state index in [0.29, 0.717) is 17.5 Å². The molecule has 6 nitrogen and oxygen atoms in total. The molecular weight excluding hydrogens is 302 g/mol. The van der Waals surface area contributed by atoms with Crippen LogP contribution < -0.4 is 16.4 Å². The number of hydrogen-bond donors (Lipinski definition) is 3. The Morgan fingerprint density at radius 1 is 1.42 bits per heavy atom. The third-order valence-electron chi connectivity index (χ3n) is 5.12. The monoisotopic (exact) mass is 325 g/mol. The van der Waals surface area contributed by atoms with Crippen molar-refractivity contribution in [2.24, 2.45) is 11.7 Å². The van der Waals surface area contributed by atoms with E-state index in [1.807, 2.05) is 4.68 Å². The normalized spacial score (nSPS) is 22.3. The summed E-state index contributed by atoms with van der Waals surface area (Å²) in [5.74, 6) is 0.758. The van der Waals surface area contributed by atoms with Gasteiger partial charge in [0, 0.05) is 31.6 Å². The highest BCUT2D eigenvalue weighted by atomic mass is 16.1. The van der Waals surface area contributed by atoms with Gasteiger partial charge in [0.05, 0.1) is 6.20 Å². The summed E-state index contributed by atoms with van der Waals surface area (Å²) in [6.07, 6.45) is 5.17. The number of carbonyl (C=O) groups is 1. The van der Waals surface area contributed by atoms with E-state index in [1.165, 1.54) is 30.4 Å². The van der Waals surface area contributed by atoms with E-state index in [1.54, 1.807) is 6.20 Å². The molecule has 4 N–H and O–H groups in total. The molecule has 2 atom stereocenters. The van der Waals surface area contributed by atoms with Crippen LogP contribution in [0.5, 0.6) is 0 Å². The first kappa shape index (κ1) is 15.2. The fourth-order valence-electron chi connectivity index (χ4n) is 3.85. The number of nitrogens with zero attached hydrogens (tertiary/aromatic N) is 2. The summed E-state index contributed by atoms with van der Waals surface area (Å²) in [5, 5.41) is 11.3. The van der Waals surface area contributed by atoms with Crippen molar-refractivity contribution in [3.05, 3.63) is 47.2 Å². The molecule has 126 valence electrons.